The third-order valence-corrected chi connectivity index (χ3v) is 2.88. The van der Waals surface area contributed by atoms with Crippen LogP contribution < -0.4 is 0 Å². The number of aryl methyl sites for hydroxylation is 1. The topological polar surface area (TPSA) is 0 Å². The van der Waals surface area contributed by atoms with Crippen LogP contribution in [-0.2, 0) is 6.42 Å². The quantitative estimate of drug-likeness (QED) is 0.517. The molecule has 0 amide bonds. The van der Waals surface area contributed by atoms with Crippen LogP contribution in [-0.4, -0.2) is 13.5 Å². The maximum atomic E-state index is 5.45. The van der Waals surface area contributed by atoms with Gasteiger partial charge in [-0.05, 0) is 0 Å². The minimum absolute atomic E-state index is 0.930. The van der Waals surface area contributed by atoms with Gasteiger partial charge in [0, 0.05) is 0 Å². The van der Waals surface area contributed by atoms with Crippen LogP contribution in [0.5, 0.6) is 0 Å². The molecule has 0 saturated heterocycles. The number of benzene rings is 1. The summed E-state index contributed by atoms with van der Waals surface area (Å²) < 4.78 is 0. The molecular formula is C17H20B. The summed E-state index contributed by atoms with van der Waals surface area (Å²) in [5.41, 5.74) is 4.82. The van der Waals surface area contributed by atoms with E-state index in [2.05, 4.69) is 56.8 Å². The second-order valence-corrected chi connectivity index (χ2v) is 4.36. The van der Waals surface area contributed by atoms with Crippen LogP contribution in [0.25, 0.3) is 0 Å². The molecule has 0 aliphatic carbocycles. The first-order valence-corrected chi connectivity index (χ1v) is 6.32. The molecule has 0 unspecified atom stereocenters. The Labute approximate surface area is 112 Å². The predicted octanol–water partition coefficient (Wildman–Crippen LogP) is 3.96. The molecule has 1 radical (unpaired) electrons. The zero-order chi connectivity index (χ0) is 13.4. The van der Waals surface area contributed by atoms with E-state index in [4.69, 9.17) is 7.49 Å². The van der Waals surface area contributed by atoms with Crippen molar-refractivity contribution < 1.29 is 0 Å². The predicted molar refractivity (Wildman–Crippen MR) is 83.4 cm³/mol. The molecule has 0 aromatic heterocycles. The van der Waals surface area contributed by atoms with Crippen molar-refractivity contribution in [3.8, 4) is 0 Å². The van der Waals surface area contributed by atoms with Crippen molar-refractivity contribution in [1.82, 2.24) is 0 Å². The van der Waals surface area contributed by atoms with E-state index in [0.29, 0.717) is 0 Å². The zero-order valence-corrected chi connectivity index (χ0v) is 11.3. The molecule has 0 N–H and O–H groups in total. The fourth-order valence-electron chi connectivity index (χ4n) is 1.65. The zero-order valence-electron chi connectivity index (χ0n) is 11.3. The number of rotatable bonds is 6. The van der Waals surface area contributed by atoms with Crippen LogP contribution in [0.1, 0.15) is 24.5 Å². The summed E-state index contributed by atoms with van der Waals surface area (Å²) in [6.45, 7) is 8.23. The van der Waals surface area contributed by atoms with Gasteiger partial charge in [-0.2, -0.15) is 0 Å². The molecule has 0 bridgehead atoms. The Bertz CT molecular complexity index is 461. The molecule has 0 aliphatic rings. The number of hydrogen-bond donors (Lipinski definition) is 0. The first-order chi connectivity index (χ1) is 8.67. The molecule has 1 heteroatoms. The summed E-state index contributed by atoms with van der Waals surface area (Å²) in [5.74, 6) is 1.56. The van der Waals surface area contributed by atoms with Crippen molar-refractivity contribution >= 4 is 13.5 Å². The van der Waals surface area contributed by atoms with Crippen LogP contribution >= 0.6 is 0 Å². The molecule has 18 heavy (non-hydrogen) atoms. The second kappa shape index (κ2) is 7.65. The Kier molecular flexibility index (Phi) is 6.14. The first-order valence-electron chi connectivity index (χ1n) is 6.32. The van der Waals surface area contributed by atoms with Gasteiger partial charge in [-0.15, -0.1) is 0 Å². The van der Waals surface area contributed by atoms with E-state index in [0.717, 1.165) is 24.0 Å². The molecule has 0 saturated carbocycles. The van der Waals surface area contributed by atoms with Gasteiger partial charge in [-0.3, -0.25) is 0 Å². The molecule has 0 fully saturated rings. The molecular weight excluding hydrogens is 215 g/mol. The van der Waals surface area contributed by atoms with Crippen LogP contribution in [0.2, 0.25) is 0 Å². The molecule has 0 aliphatic heterocycles. The Morgan fingerprint density at radius 3 is 2.50 bits per heavy atom. The van der Waals surface area contributed by atoms with Gasteiger partial charge in [0.05, 0.1) is 0 Å². The van der Waals surface area contributed by atoms with E-state index in [1.54, 1.807) is 5.97 Å². The molecule has 1 rings (SSSR count). The normalized spacial score (nSPS) is 11.7. The average Bonchev–Trinajstić information content (AvgIpc) is 2.39. The average molecular weight is 235 g/mol. The van der Waals surface area contributed by atoms with Crippen molar-refractivity contribution in [1.29, 1.82) is 0 Å². The van der Waals surface area contributed by atoms with Gasteiger partial charge in [0.2, 0.25) is 0 Å². The summed E-state index contributed by atoms with van der Waals surface area (Å²) in [7, 11) is 5.45. The molecule has 1 aromatic rings. The summed E-state index contributed by atoms with van der Waals surface area (Å²) in [6, 6.07) is 8.59. The Morgan fingerprint density at radius 2 is 1.94 bits per heavy atom. The third kappa shape index (κ3) is 4.71. The summed E-state index contributed by atoms with van der Waals surface area (Å²) in [6.07, 6.45) is 8.01. The molecule has 91 valence electrons. The van der Waals surface area contributed by atoms with Gasteiger partial charge in [0.15, 0.2) is 0 Å². The summed E-state index contributed by atoms with van der Waals surface area (Å²) >= 11 is 0. The third-order valence-electron chi connectivity index (χ3n) is 2.88. The molecule has 0 atom stereocenters. The van der Waals surface area contributed by atoms with Crippen molar-refractivity contribution in [3.05, 3.63) is 71.3 Å². The Balaban J connectivity index is 2.68. The molecule has 0 heterocycles. The van der Waals surface area contributed by atoms with Crippen LogP contribution in [0.3, 0.4) is 0 Å². The van der Waals surface area contributed by atoms with E-state index in [9.17, 15) is 0 Å². The molecule has 1 aromatic carbocycles. The molecule has 0 nitrogen and oxygen atoms in total. The van der Waals surface area contributed by atoms with Crippen molar-refractivity contribution in [2.24, 2.45) is 0 Å². The van der Waals surface area contributed by atoms with Crippen LogP contribution in [0.15, 0.2) is 60.2 Å². The monoisotopic (exact) mass is 235 g/mol. The van der Waals surface area contributed by atoms with E-state index in [1.165, 1.54) is 11.1 Å². The van der Waals surface area contributed by atoms with E-state index < -0.39 is 0 Å². The maximum absolute atomic E-state index is 5.45. The van der Waals surface area contributed by atoms with E-state index in [1.807, 2.05) is 6.08 Å². The Morgan fingerprint density at radius 1 is 1.28 bits per heavy atom. The van der Waals surface area contributed by atoms with Crippen molar-refractivity contribution in [2.75, 3.05) is 0 Å². The van der Waals surface area contributed by atoms with Gasteiger partial charge in [-0.25, -0.2) is 0 Å². The van der Waals surface area contributed by atoms with Gasteiger partial charge >= 0.3 is 111 Å². The van der Waals surface area contributed by atoms with Gasteiger partial charge in [-0.1, -0.05) is 0 Å². The minimum atomic E-state index is 0.930. The van der Waals surface area contributed by atoms with Crippen LogP contribution in [0, 0.1) is 6.92 Å². The summed E-state index contributed by atoms with van der Waals surface area (Å²) in [4.78, 5) is 0. The van der Waals surface area contributed by atoms with E-state index in [-0.39, 0.29) is 0 Å². The van der Waals surface area contributed by atoms with Crippen LogP contribution in [0.4, 0.5) is 0 Å². The van der Waals surface area contributed by atoms with Gasteiger partial charge < -0.3 is 0 Å². The van der Waals surface area contributed by atoms with Gasteiger partial charge in [0.25, 0.3) is 0 Å². The number of allylic oxidation sites excluding steroid dienone is 5. The summed E-state index contributed by atoms with van der Waals surface area (Å²) in [5, 5.41) is 0. The van der Waals surface area contributed by atoms with Crippen molar-refractivity contribution in [3.63, 3.8) is 0 Å². The fourth-order valence-corrected chi connectivity index (χ4v) is 1.65. The standard InChI is InChI=1S/C17H20B/c1-4-15(3)17(12-13-18)7-5-6-16-10-8-14(2)9-11-16/h5,7-13H,3-4,6H2,1-2H3/b7-5-,17-12+. The van der Waals surface area contributed by atoms with Crippen molar-refractivity contribution in [2.45, 2.75) is 26.7 Å². The fraction of sp³-hybridized carbons (Fsp3) is 0.235. The first kappa shape index (κ1) is 14.4. The number of hydrogen-bond acceptors (Lipinski definition) is 0. The Hall–Kier alpha value is -1.63. The molecule has 0 spiro atoms. The second-order valence-electron chi connectivity index (χ2n) is 4.36. The SMILES string of the molecule is [B]=C/C=C(\C=C/Cc1ccc(C)cc1)C(=C)CC. The van der Waals surface area contributed by atoms with E-state index >= 15 is 0 Å². The van der Waals surface area contributed by atoms with Gasteiger partial charge in [0.1, 0.15) is 0 Å².